The molecule has 1 N–H and O–H groups in total. The molecule has 6 heteroatoms. The summed E-state index contributed by atoms with van der Waals surface area (Å²) in [4.78, 5) is 16.1. The summed E-state index contributed by atoms with van der Waals surface area (Å²) >= 11 is 5.82. The van der Waals surface area contributed by atoms with E-state index in [0.717, 1.165) is 6.07 Å². The number of aromatic nitrogens is 1. The number of hydrogen-bond acceptors (Lipinski definition) is 2. The predicted octanol–water partition coefficient (Wildman–Crippen LogP) is 4.14. The molecule has 0 bridgehead atoms. The van der Waals surface area contributed by atoms with Crippen LogP contribution >= 0.6 is 11.6 Å². The van der Waals surface area contributed by atoms with Crippen molar-refractivity contribution in [3.8, 4) is 0 Å². The molecule has 21 heavy (non-hydrogen) atoms. The van der Waals surface area contributed by atoms with Gasteiger partial charge in [-0.3, -0.25) is 4.79 Å². The largest absolute Gasteiger partial charge is 0.317 e. The minimum Gasteiger partial charge on any atom is -0.317 e. The van der Waals surface area contributed by atoms with Crippen molar-refractivity contribution in [1.82, 2.24) is 4.98 Å². The van der Waals surface area contributed by atoms with Gasteiger partial charge in [-0.1, -0.05) is 24.6 Å². The van der Waals surface area contributed by atoms with Crippen molar-refractivity contribution in [3.63, 3.8) is 0 Å². The van der Waals surface area contributed by atoms with Crippen LogP contribution in [-0.2, 0) is 6.42 Å². The van der Waals surface area contributed by atoms with E-state index in [9.17, 15) is 13.6 Å². The summed E-state index contributed by atoms with van der Waals surface area (Å²) in [6.45, 7) is 3.35. The molecule has 110 valence electrons. The van der Waals surface area contributed by atoms with Gasteiger partial charge in [0.1, 0.15) is 16.7 Å². The monoisotopic (exact) mass is 310 g/mol. The number of hydrogen-bond donors (Lipinski definition) is 1. The molecule has 1 amide bonds. The van der Waals surface area contributed by atoms with Crippen LogP contribution < -0.4 is 5.32 Å². The van der Waals surface area contributed by atoms with E-state index in [0.29, 0.717) is 12.1 Å². The number of rotatable bonds is 3. The normalized spacial score (nSPS) is 10.5. The number of halogens is 3. The number of anilines is 1. The van der Waals surface area contributed by atoms with Crippen LogP contribution in [0.5, 0.6) is 0 Å². The van der Waals surface area contributed by atoms with Crippen LogP contribution in [0.1, 0.15) is 28.5 Å². The lowest BCUT2D eigenvalue weighted by Crippen LogP contribution is -2.15. The number of carbonyl (C=O) groups excluding carboxylic acids is 1. The van der Waals surface area contributed by atoms with Gasteiger partial charge in [-0.05, 0) is 37.1 Å². The Kier molecular flexibility index (Phi) is 4.53. The van der Waals surface area contributed by atoms with E-state index >= 15 is 0 Å². The second kappa shape index (κ2) is 6.18. The Hall–Kier alpha value is -2.01. The minimum absolute atomic E-state index is 0.157. The van der Waals surface area contributed by atoms with Crippen LogP contribution in [0.4, 0.5) is 14.5 Å². The lowest BCUT2D eigenvalue weighted by Gasteiger charge is -2.10. The van der Waals surface area contributed by atoms with Crippen molar-refractivity contribution >= 4 is 23.2 Å². The van der Waals surface area contributed by atoms with Crippen molar-refractivity contribution in [2.45, 2.75) is 20.3 Å². The van der Waals surface area contributed by atoms with Crippen LogP contribution in [-0.4, -0.2) is 10.9 Å². The second-order valence-electron chi connectivity index (χ2n) is 4.53. The average molecular weight is 311 g/mol. The van der Waals surface area contributed by atoms with Gasteiger partial charge in [-0.25, -0.2) is 13.8 Å². The summed E-state index contributed by atoms with van der Waals surface area (Å²) < 4.78 is 27.5. The summed E-state index contributed by atoms with van der Waals surface area (Å²) in [5.74, 6) is -2.26. The predicted molar refractivity (Wildman–Crippen MR) is 77.7 cm³/mol. The highest BCUT2D eigenvalue weighted by Crippen LogP contribution is 2.23. The van der Waals surface area contributed by atoms with Crippen molar-refractivity contribution in [2.24, 2.45) is 0 Å². The van der Waals surface area contributed by atoms with Gasteiger partial charge in [0, 0.05) is 11.3 Å². The average Bonchev–Trinajstić information content (AvgIpc) is 2.46. The third-order valence-corrected chi connectivity index (χ3v) is 3.19. The Bertz CT molecular complexity index is 704. The Morgan fingerprint density at radius 1 is 1.33 bits per heavy atom. The third-order valence-electron chi connectivity index (χ3n) is 2.99. The van der Waals surface area contributed by atoms with Crippen LogP contribution in [0.15, 0.2) is 24.3 Å². The smallest absolute Gasteiger partial charge is 0.255 e. The number of nitrogens with one attached hydrogen (secondary N) is 1. The number of carbonyl (C=O) groups is 1. The van der Waals surface area contributed by atoms with Gasteiger partial charge < -0.3 is 5.32 Å². The lowest BCUT2D eigenvalue weighted by atomic mass is 10.1. The van der Waals surface area contributed by atoms with Crippen LogP contribution in [0.2, 0.25) is 5.15 Å². The quantitative estimate of drug-likeness (QED) is 0.866. The molecule has 0 atom stereocenters. The molecule has 0 spiro atoms. The van der Waals surface area contributed by atoms with Gasteiger partial charge in [0.15, 0.2) is 5.82 Å². The summed E-state index contributed by atoms with van der Waals surface area (Å²) in [6, 6.07) is 5.29. The SMILES string of the molecule is CCc1cc(C(=O)Nc2c(F)ccc(C)c2F)cc(Cl)n1. The standard InChI is InChI=1S/C15H13ClF2N2O/c1-3-10-6-9(7-12(16)19-10)15(21)20-14-11(17)5-4-8(2)13(14)18/h4-7H,3H2,1-2H3,(H,20,21). The van der Waals surface area contributed by atoms with E-state index in [-0.39, 0.29) is 16.3 Å². The molecule has 0 aliphatic heterocycles. The van der Waals surface area contributed by atoms with Gasteiger partial charge in [0.05, 0.1) is 0 Å². The van der Waals surface area contributed by atoms with Crippen molar-refractivity contribution < 1.29 is 13.6 Å². The Morgan fingerprint density at radius 3 is 2.71 bits per heavy atom. The molecule has 3 nitrogen and oxygen atoms in total. The van der Waals surface area contributed by atoms with Gasteiger partial charge in [0.2, 0.25) is 0 Å². The van der Waals surface area contributed by atoms with E-state index in [4.69, 9.17) is 11.6 Å². The first kappa shape index (κ1) is 15.4. The number of benzene rings is 1. The maximum Gasteiger partial charge on any atom is 0.255 e. The third kappa shape index (κ3) is 3.36. The molecule has 0 saturated carbocycles. The Balaban J connectivity index is 2.35. The van der Waals surface area contributed by atoms with E-state index < -0.39 is 23.2 Å². The molecule has 0 fully saturated rings. The van der Waals surface area contributed by atoms with Crippen LogP contribution in [0.25, 0.3) is 0 Å². The molecule has 0 radical (unpaired) electrons. The number of amides is 1. The molecular formula is C15H13ClF2N2O. The van der Waals surface area contributed by atoms with Crippen molar-refractivity contribution in [2.75, 3.05) is 5.32 Å². The van der Waals surface area contributed by atoms with Crippen molar-refractivity contribution in [3.05, 3.63) is 57.9 Å². The lowest BCUT2D eigenvalue weighted by molar-refractivity contribution is 0.102. The molecule has 1 heterocycles. The molecule has 0 aliphatic rings. The maximum atomic E-state index is 13.9. The highest BCUT2D eigenvalue weighted by atomic mass is 35.5. The molecular weight excluding hydrogens is 298 g/mol. The molecule has 0 saturated heterocycles. The number of aryl methyl sites for hydroxylation is 2. The zero-order valence-electron chi connectivity index (χ0n) is 11.5. The fourth-order valence-corrected chi connectivity index (χ4v) is 2.05. The molecule has 1 aromatic heterocycles. The van der Waals surface area contributed by atoms with Gasteiger partial charge in [-0.2, -0.15) is 0 Å². The first-order valence-corrected chi connectivity index (χ1v) is 6.72. The fourth-order valence-electron chi connectivity index (χ4n) is 1.82. The van der Waals surface area contributed by atoms with Crippen LogP contribution in [0.3, 0.4) is 0 Å². The molecule has 2 aromatic rings. The number of nitrogens with zero attached hydrogens (tertiary/aromatic N) is 1. The summed E-state index contributed by atoms with van der Waals surface area (Å²) in [5.41, 5.74) is 0.602. The summed E-state index contributed by atoms with van der Waals surface area (Å²) in [5, 5.41) is 2.40. The summed E-state index contributed by atoms with van der Waals surface area (Å²) in [6.07, 6.45) is 0.591. The van der Waals surface area contributed by atoms with Gasteiger partial charge in [-0.15, -0.1) is 0 Å². The Labute approximate surface area is 126 Å². The number of pyridine rings is 1. The zero-order chi connectivity index (χ0) is 15.6. The second-order valence-corrected chi connectivity index (χ2v) is 4.92. The van der Waals surface area contributed by atoms with E-state index in [1.165, 1.54) is 25.1 Å². The minimum atomic E-state index is -0.831. The van der Waals surface area contributed by atoms with E-state index in [1.54, 1.807) is 0 Å². The topological polar surface area (TPSA) is 42.0 Å². The zero-order valence-corrected chi connectivity index (χ0v) is 12.3. The fraction of sp³-hybridized carbons (Fsp3) is 0.200. The first-order valence-electron chi connectivity index (χ1n) is 6.34. The Morgan fingerprint density at radius 2 is 2.05 bits per heavy atom. The van der Waals surface area contributed by atoms with Gasteiger partial charge in [0.25, 0.3) is 5.91 Å². The highest BCUT2D eigenvalue weighted by molar-refractivity contribution is 6.29. The summed E-state index contributed by atoms with van der Waals surface area (Å²) in [7, 11) is 0. The molecule has 1 aromatic carbocycles. The molecule has 0 unspecified atom stereocenters. The molecule has 0 aliphatic carbocycles. The van der Waals surface area contributed by atoms with E-state index in [2.05, 4.69) is 10.3 Å². The highest BCUT2D eigenvalue weighted by Gasteiger charge is 2.16. The van der Waals surface area contributed by atoms with Crippen molar-refractivity contribution in [1.29, 1.82) is 0 Å². The van der Waals surface area contributed by atoms with Crippen LogP contribution in [0, 0.1) is 18.6 Å². The molecule has 2 rings (SSSR count). The first-order chi connectivity index (χ1) is 9.92. The maximum absolute atomic E-state index is 13.9. The van der Waals surface area contributed by atoms with Gasteiger partial charge >= 0.3 is 0 Å². The van der Waals surface area contributed by atoms with E-state index in [1.807, 2.05) is 6.92 Å².